The van der Waals surface area contributed by atoms with Crippen LogP contribution in [-0.2, 0) is 13.0 Å². The van der Waals surface area contributed by atoms with E-state index in [-0.39, 0.29) is 6.10 Å². The zero-order valence-corrected chi connectivity index (χ0v) is 12.5. The Morgan fingerprint density at radius 2 is 2.19 bits per heavy atom. The molecule has 6 heteroatoms. The van der Waals surface area contributed by atoms with E-state index in [0.717, 1.165) is 31.0 Å². The number of halogens is 1. The Morgan fingerprint density at radius 3 is 2.86 bits per heavy atom. The van der Waals surface area contributed by atoms with Crippen LogP contribution in [0.15, 0.2) is 28.8 Å². The van der Waals surface area contributed by atoms with Crippen LogP contribution in [0.5, 0.6) is 11.5 Å². The number of hydrogen-bond donors (Lipinski definition) is 1. The molecule has 0 bridgehead atoms. The third-order valence-corrected chi connectivity index (χ3v) is 3.51. The molecule has 0 radical (unpaired) electrons. The van der Waals surface area contributed by atoms with E-state index in [4.69, 9.17) is 25.6 Å². The van der Waals surface area contributed by atoms with Gasteiger partial charge in [-0.25, -0.2) is 0 Å². The molecule has 1 aromatic carbocycles. The van der Waals surface area contributed by atoms with Gasteiger partial charge in [-0.05, 0) is 12.1 Å². The molecule has 0 spiro atoms. The van der Waals surface area contributed by atoms with Crippen LogP contribution in [0.1, 0.15) is 18.4 Å². The first-order chi connectivity index (χ1) is 10.2. The predicted octanol–water partition coefficient (Wildman–Crippen LogP) is 2.82. The Balaban J connectivity index is 1.68. The molecule has 0 saturated carbocycles. The van der Waals surface area contributed by atoms with Crippen LogP contribution in [0.4, 0.5) is 0 Å². The van der Waals surface area contributed by atoms with E-state index in [1.165, 1.54) is 0 Å². The number of aryl methyl sites for hydroxylation is 1. The average Bonchev–Trinajstić information content (AvgIpc) is 2.90. The minimum Gasteiger partial charge on any atom is -0.484 e. The SMILES string of the molecule is CCc1cc(COc2ccc(Cl)cc2OC2CNC2)no1. The molecule has 1 aliphatic rings. The maximum atomic E-state index is 6.02. The van der Waals surface area contributed by atoms with Gasteiger partial charge < -0.3 is 19.3 Å². The molecule has 3 rings (SSSR count). The highest BCUT2D eigenvalue weighted by molar-refractivity contribution is 6.30. The van der Waals surface area contributed by atoms with Crippen LogP contribution in [0.25, 0.3) is 0 Å². The van der Waals surface area contributed by atoms with Crippen molar-refractivity contribution in [1.82, 2.24) is 10.5 Å². The molecule has 0 unspecified atom stereocenters. The van der Waals surface area contributed by atoms with E-state index in [1.54, 1.807) is 12.1 Å². The summed E-state index contributed by atoms with van der Waals surface area (Å²) in [4.78, 5) is 0. The Morgan fingerprint density at radius 1 is 1.33 bits per heavy atom. The Bertz CT molecular complexity index is 611. The number of benzene rings is 1. The van der Waals surface area contributed by atoms with Gasteiger partial charge in [0.2, 0.25) is 0 Å². The summed E-state index contributed by atoms with van der Waals surface area (Å²) in [6.45, 7) is 4.04. The predicted molar refractivity (Wildman–Crippen MR) is 79.0 cm³/mol. The van der Waals surface area contributed by atoms with Crippen molar-refractivity contribution < 1.29 is 14.0 Å². The van der Waals surface area contributed by atoms with Crippen LogP contribution < -0.4 is 14.8 Å². The summed E-state index contributed by atoms with van der Waals surface area (Å²) >= 11 is 6.02. The summed E-state index contributed by atoms with van der Waals surface area (Å²) in [6, 6.07) is 7.26. The lowest BCUT2D eigenvalue weighted by Gasteiger charge is -2.28. The lowest BCUT2D eigenvalue weighted by molar-refractivity contribution is 0.134. The fourth-order valence-corrected chi connectivity index (χ4v) is 2.12. The quantitative estimate of drug-likeness (QED) is 0.889. The Labute approximate surface area is 128 Å². The molecular formula is C15H17ClN2O3. The van der Waals surface area contributed by atoms with Gasteiger partial charge in [0.1, 0.15) is 24.2 Å². The molecule has 5 nitrogen and oxygen atoms in total. The van der Waals surface area contributed by atoms with Crippen molar-refractivity contribution in [2.75, 3.05) is 13.1 Å². The third-order valence-electron chi connectivity index (χ3n) is 3.28. The average molecular weight is 309 g/mol. The molecule has 1 aliphatic heterocycles. The number of aromatic nitrogens is 1. The first kappa shape index (κ1) is 14.2. The van der Waals surface area contributed by atoms with Crippen molar-refractivity contribution in [3.8, 4) is 11.5 Å². The summed E-state index contributed by atoms with van der Waals surface area (Å²) in [5.74, 6) is 2.17. The van der Waals surface area contributed by atoms with Crippen molar-refractivity contribution in [2.45, 2.75) is 26.1 Å². The molecule has 0 amide bonds. The van der Waals surface area contributed by atoms with Crippen LogP contribution >= 0.6 is 11.6 Å². The van der Waals surface area contributed by atoms with E-state index in [1.807, 2.05) is 19.1 Å². The fourth-order valence-electron chi connectivity index (χ4n) is 1.96. The van der Waals surface area contributed by atoms with Crippen molar-refractivity contribution >= 4 is 11.6 Å². The molecule has 21 heavy (non-hydrogen) atoms. The van der Waals surface area contributed by atoms with E-state index < -0.39 is 0 Å². The lowest BCUT2D eigenvalue weighted by Crippen LogP contribution is -2.50. The molecule has 2 aromatic rings. The van der Waals surface area contributed by atoms with Gasteiger partial charge in [-0.15, -0.1) is 0 Å². The monoisotopic (exact) mass is 308 g/mol. The third kappa shape index (κ3) is 3.49. The normalized spacial score (nSPS) is 14.8. The van der Waals surface area contributed by atoms with Gasteiger partial charge in [-0.1, -0.05) is 23.7 Å². The number of nitrogens with one attached hydrogen (secondary N) is 1. The van der Waals surface area contributed by atoms with Crippen molar-refractivity contribution in [2.24, 2.45) is 0 Å². The largest absolute Gasteiger partial charge is 0.484 e. The Hall–Kier alpha value is -1.72. The van der Waals surface area contributed by atoms with Gasteiger partial charge in [0.05, 0.1) is 0 Å². The molecule has 1 N–H and O–H groups in total. The Kier molecular flexibility index (Phi) is 4.31. The van der Waals surface area contributed by atoms with Crippen molar-refractivity contribution in [1.29, 1.82) is 0 Å². The summed E-state index contributed by atoms with van der Waals surface area (Å²) in [7, 11) is 0. The summed E-state index contributed by atoms with van der Waals surface area (Å²) in [5.41, 5.74) is 0.762. The second kappa shape index (κ2) is 6.37. The highest BCUT2D eigenvalue weighted by Gasteiger charge is 2.20. The van der Waals surface area contributed by atoms with Gasteiger partial charge in [0.15, 0.2) is 11.5 Å². The number of ether oxygens (including phenoxy) is 2. The highest BCUT2D eigenvalue weighted by atomic mass is 35.5. The molecule has 1 saturated heterocycles. The smallest absolute Gasteiger partial charge is 0.163 e. The van der Waals surface area contributed by atoms with Crippen molar-refractivity contribution in [3.05, 3.63) is 40.7 Å². The van der Waals surface area contributed by atoms with Crippen LogP contribution in [0.3, 0.4) is 0 Å². The minimum absolute atomic E-state index is 0.171. The number of rotatable bonds is 6. The summed E-state index contributed by atoms with van der Waals surface area (Å²) < 4.78 is 16.8. The number of hydrogen-bond acceptors (Lipinski definition) is 5. The standard InChI is InChI=1S/C15H17ClN2O3/c1-2-12-6-11(18-21-12)9-19-14-4-3-10(16)5-15(14)20-13-7-17-8-13/h3-6,13,17H,2,7-9H2,1H3. The zero-order chi connectivity index (χ0) is 14.7. The summed E-state index contributed by atoms with van der Waals surface area (Å²) in [5, 5.41) is 7.75. The van der Waals surface area contributed by atoms with Crippen LogP contribution in [-0.4, -0.2) is 24.4 Å². The molecule has 0 aliphatic carbocycles. The van der Waals surface area contributed by atoms with Gasteiger partial charge in [0, 0.05) is 36.7 Å². The van der Waals surface area contributed by atoms with Gasteiger partial charge in [0.25, 0.3) is 0 Å². The van der Waals surface area contributed by atoms with Gasteiger partial charge in [-0.3, -0.25) is 0 Å². The van der Waals surface area contributed by atoms with Gasteiger partial charge >= 0.3 is 0 Å². The number of nitrogens with zero attached hydrogens (tertiary/aromatic N) is 1. The van der Waals surface area contributed by atoms with Crippen molar-refractivity contribution in [3.63, 3.8) is 0 Å². The van der Waals surface area contributed by atoms with E-state index >= 15 is 0 Å². The molecular weight excluding hydrogens is 292 g/mol. The highest BCUT2D eigenvalue weighted by Crippen LogP contribution is 2.32. The first-order valence-electron chi connectivity index (χ1n) is 6.99. The summed E-state index contributed by atoms with van der Waals surface area (Å²) in [6.07, 6.45) is 0.987. The van der Waals surface area contributed by atoms with Gasteiger partial charge in [-0.2, -0.15) is 0 Å². The van der Waals surface area contributed by atoms with E-state index in [2.05, 4.69) is 10.5 Å². The van der Waals surface area contributed by atoms with Crippen LogP contribution in [0.2, 0.25) is 5.02 Å². The molecule has 1 aromatic heterocycles. The molecule has 112 valence electrons. The lowest BCUT2D eigenvalue weighted by atomic mass is 10.2. The molecule has 0 atom stereocenters. The van der Waals surface area contributed by atoms with E-state index in [0.29, 0.717) is 23.1 Å². The van der Waals surface area contributed by atoms with Crippen LogP contribution in [0, 0.1) is 0 Å². The van der Waals surface area contributed by atoms with E-state index in [9.17, 15) is 0 Å². The fraction of sp³-hybridized carbons (Fsp3) is 0.400. The zero-order valence-electron chi connectivity index (χ0n) is 11.8. The maximum Gasteiger partial charge on any atom is 0.163 e. The second-order valence-corrected chi connectivity index (χ2v) is 5.35. The molecule has 1 fully saturated rings. The topological polar surface area (TPSA) is 56.5 Å². The molecule has 2 heterocycles. The first-order valence-corrected chi connectivity index (χ1v) is 7.36. The second-order valence-electron chi connectivity index (χ2n) is 4.92. The maximum absolute atomic E-state index is 6.02. The minimum atomic E-state index is 0.171.